The second-order valence-electron chi connectivity index (χ2n) is 12.5. The van der Waals surface area contributed by atoms with E-state index in [1.807, 2.05) is 0 Å². The van der Waals surface area contributed by atoms with Crippen LogP contribution in [0.2, 0.25) is 0 Å². The molecule has 3 saturated heterocycles. The predicted octanol–water partition coefficient (Wildman–Crippen LogP) is 2.80. The van der Waals surface area contributed by atoms with Gasteiger partial charge in [-0.3, -0.25) is 0 Å². The van der Waals surface area contributed by atoms with Crippen LogP contribution >= 0.6 is 0 Å². The smallest absolute Gasteiger partial charge is 0.399 e. The molecule has 5 rings (SSSR count). The Bertz CT molecular complexity index is 912. The van der Waals surface area contributed by atoms with Crippen molar-refractivity contribution in [2.45, 2.75) is 102 Å². The van der Waals surface area contributed by atoms with E-state index >= 15 is 0 Å². The molecule has 5 nitrogen and oxygen atoms in total. The van der Waals surface area contributed by atoms with Crippen LogP contribution in [0, 0.1) is 0 Å². The van der Waals surface area contributed by atoms with Crippen molar-refractivity contribution in [3.05, 3.63) is 23.3 Å². The van der Waals surface area contributed by atoms with Crippen molar-refractivity contribution in [2.24, 2.45) is 0 Å². The zero-order chi connectivity index (χ0) is 23.3. The fourth-order valence-electron chi connectivity index (χ4n) is 5.91. The molecule has 3 fully saturated rings. The largest absolute Gasteiger partial charge is 0.495 e. The van der Waals surface area contributed by atoms with Gasteiger partial charge < -0.3 is 23.5 Å². The van der Waals surface area contributed by atoms with Crippen molar-refractivity contribution in [2.75, 3.05) is 20.1 Å². The standard InChI is InChI=1S/C25H39B2NO4/c1-21(2)22(3,4)30-26(29-21)18-10-11-19(27-31-23(5,6)24(7,8)32-27)20-17(18)12-13-25(20)14-15-28(9)16-25/h10-11H,12-16H2,1-9H3. The van der Waals surface area contributed by atoms with E-state index in [1.165, 1.54) is 28.5 Å². The zero-order valence-electron chi connectivity index (χ0n) is 21.4. The monoisotopic (exact) mass is 439 g/mol. The van der Waals surface area contributed by atoms with Gasteiger partial charge in [-0.25, -0.2) is 0 Å². The van der Waals surface area contributed by atoms with E-state index in [1.54, 1.807) is 0 Å². The van der Waals surface area contributed by atoms with Crippen LogP contribution in [0.15, 0.2) is 12.1 Å². The highest BCUT2D eigenvalue weighted by molar-refractivity contribution is 6.65. The minimum absolute atomic E-state index is 0.155. The lowest BCUT2D eigenvalue weighted by molar-refractivity contribution is 0.00578. The molecule has 1 aromatic carbocycles. The molecule has 7 heteroatoms. The van der Waals surface area contributed by atoms with Gasteiger partial charge in [-0.1, -0.05) is 12.1 Å². The van der Waals surface area contributed by atoms with E-state index in [2.05, 4.69) is 79.5 Å². The summed E-state index contributed by atoms with van der Waals surface area (Å²) in [5.41, 5.74) is 3.97. The SMILES string of the molecule is CN1CCC2(CCc3c(B4OC(C)(C)C(C)(C)O4)ccc(B4OC(C)(C)C(C)(C)O4)c32)C1. The van der Waals surface area contributed by atoms with Gasteiger partial charge in [0.25, 0.3) is 0 Å². The Labute approximate surface area is 194 Å². The first-order chi connectivity index (χ1) is 14.7. The topological polar surface area (TPSA) is 40.2 Å². The van der Waals surface area contributed by atoms with E-state index in [9.17, 15) is 0 Å². The van der Waals surface area contributed by atoms with Gasteiger partial charge in [-0.05, 0) is 110 Å². The molecule has 0 aromatic heterocycles. The summed E-state index contributed by atoms with van der Waals surface area (Å²) >= 11 is 0. The van der Waals surface area contributed by atoms with Gasteiger partial charge in [-0.2, -0.15) is 0 Å². The molecule has 1 aliphatic carbocycles. The number of rotatable bonds is 2. The molecule has 4 aliphatic rings. The van der Waals surface area contributed by atoms with Gasteiger partial charge in [0.05, 0.1) is 22.4 Å². The average Bonchev–Trinajstić information content (AvgIpc) is 3.33. The molecule has 0 N–H and O–H groups in total. The lowest BCUT2D eigenvalue weighted by Gasteiger charge is -2.32. The van der Waals surface area contributed by atoms with Crippen molar-refractivity contribution in [3.63, 3.8) is 0 Å². The molecule has 3 heterocycles. The van der Waals surface area contributed by atoms with Gasteiger partial charge in [0.1, 0.15) is 0 Å². The Morgan fingerprint density at radius 2 is 1.19 bits per heavy atom. The van der Waals surface area contributed by atoms with Crippen LogP contribution in [0.1, 0.15) is 79.4 Å². The molecule has 174 valence electrons. The van der Waals surface area contributed by atoms with Crippen molar-refractivity contribution >= 4 is 25.2 Å². The summed E-state index contributed by atoms with van der Waals surface area (Å²) in [6.45, 7) is 19.2. The highest BCUT2D eigenvalue weighted by atomic mass is 16.7. The molecule has 1 spiro atoms. The number of nitrogens with zero attached hydrogens (tertiary/aromatic N) is 1. The van der Waals surface area contributed by atoms with Gasteiger partial charge in [0.2, 0.25) is 0 Å². The number of likely N-dealkylation sites (N-methyl/N-ethyl adjacent to an activating group) is 1. The lowest BCUT2D eigenvalue weighted by Crippen LogP contribution is -2.45. The minimum Gasteiger partial charge on any atom is -0.399 e. The number of fused-ring (bicyclic) bond motifs is 2. The molecule has 1 aromatic rings. The summed E-state index contributed by atoms with van der Waals surface area (Å²) in [4.78, 5) is 2.46. The summed E-state index contributed by atoms with van der Waals surface area (Å²) in [5.74, 6) is 0. The fraction of sp³-hybridized carbons (Fsp3) is 0.760. The fourth-order valence-corrected chi connectivity index (χ4v) is 5.91. The number of likely N-dealkylation sites (tertiary alicyclic amines) is 1. The summed E-state index contributed by atoms with van der Waals surface area (Å²) in [5, 5.41) is 0. The minimum atomic E-state index is -0.354. The van der Waals surface area contributed by atoms with Crippen LogP contribution in [0.4, 0.5) is 0 Å². The van der Waals surface area contributed by atoms with Gasteiger partial charge in [-0.15, -0.1) is 0 Å². The van der Waals surface area contributed by atoms with Gasteiger partial charge in [0, 0.05) is 12.0 Å². The van der Waals surface area contributed by atoms with Crippen molar-refractivity contribution in [1.29, 1.82) is 0 Å². The first-order valence-electron chi connectivity index (χ1n) is 12.2. The molecule has 1 atom stereocenters. The first-order valence-corrected chi connectivity index (χ1v) is 12.2. The van der Waals surface area contributed by atoms with Crippen LogP contribution in [-0.4, -0.2) is 61.7 Å². The molecule has 0 saturated carbocycles. The normalized spacial score (nSPS) is 32.3. The zero-order valence-corrected chi connectivity index (χ0v) is 21.4. The molecule has 32 heavy (non-hydrogen) atoms. The Hall–Kier alpha value is -0.850. The summed E-state index contributed by atoms with van der Waals surface area (Å²) in [6, 6.07) is 4.44. The Morgan fingerprint density at radius 3 is 1.66 bits per heavy atom. The first kappa shape index (κ1) is 22.9. The maximum absolute atomic E-state index is 6.54. The second-order valence-corrected chi connectivity index (χ2v) is 12.5. The van der Waals surface area contributed by atoms with E-state index in [-0.39, 0.29) is 42.1 Å². The number of hydrogen-bond donors (Lipinski definition) is 0. The van der Waals surface area contributed by atoms with Crippen LogP contribution in [0.5, 0.6) is 0 Å². The maximum Gasteiger partial charge on any atom is 0.495 e. The van der Waals surface area contributed by atoms with Crippen LogP contribution < -0.4 is 10.9 Å². The molecule has 3 aliphatic heterocycles. The van der Waals surface area contributed by atoms with E-state index in [0.29, 0.717) is 0 Å². The third-order valence-corrected chi connectivity index (χ3v) is 9.32. The maximum atomic E-state index is 6.54. The van der Waals surface area contributed by atoms with E-state index in [0.717, 1.165) is 25.9 Å². The second kappa shape index (κ2) is 6.85. The van der Waals surface area contributed by atoms with Gasteiger partial charge in [0.15, 0.2) is 0 Å². The van der Waals surface area contributed by atoms with Crippen molar-refractivity contribution in [3.8, 4) is 0 Å². The van der Waals surface area contributed by atoms with E-state index < -0.39 is 0 Å². The summed E-state index contributed by atoms with van der Waals surface area (Å²) in [7, 11) is 1.55. The van der Waals surface area contributed by atoms with Crippen molar-refractivity contribution in [1.82, 2.24) is 4.90 Å². The molecule has 0 bridgehead atoms. The molecule has 0 amide bonds. The highest BCUT2D eigenvalue weighted by Crippen LogP contribution is 2.46. The Morgan fingerprint density at radius 1 is 0.719 bits per heavy atom. The molecule has 0 radical (unpaired) electrons. The average molecular weight is 439 g/mol. The quantitative estimate of drug-likeness (QED) is 0.664. The van der Waals surface area contributed by atoms with E-state index in [4.69, 9.17) is 18.6 Å². The third kappa shape index (κ3) is 3.19. The summed E-state index contributed by atoms with van der Waals surface area (Å²) in [6.07, 6.45) is 3.39. The highest BCUT2D eigenvalue weighted by Gasteiger charge is 2.57. The van der Waals surface area contributed by atoms with Crippen LogP contribution in [0.25, 0.3) is 0 Å². The van der Waals surface area contributed by atoms with Crippen molar-refractivity contribution < 1.29 is 18.6 Å². The number of hydrogen-bond acceptors (Lipinski definition) is 5. The van der Waals surface area contributed by atoms with Gasteiger partial charge >= 0.3 is 14.2 Å². The molecule has 1 unspecified atom stereocenters. The Kier molecular flexibility index (Phi) is 4.91. The number of benzene rings is 1. The predicted molar refractivity (Wildman–Crippen MR) is 130 cm³/mol. The van der Waals surface area contributed by atoms with Crippen LogP contribution in [-0.2, 0) is 30.5 Å². The Balaban J connectivity index is 1.61. The molecular weight excluding hydrogens is 400 g/mol. The molecular formula is C25H39B2NO4. The van der Waals surface area contributed by atoms with Crippen LogP contribution in [0.3, 0.4) is 0 Å². The third-order valence-electron chi connectivity index (χ3n) is 9.32. The lowest BCUT2D eigenvalue weighted by atomic mass is 9.64. The summed E-state index contributed by atoms with van der Waals surface area (Å²) < 4.78 is 26.0.